The lowest BCUT2D eigenvalue weighted by atomic mass is 9.83. The van der Waals surface area contributed by atoms with Crippen molar-refractivity contribution in [3.05, 3.63) is 35.4 Å². The number of phenols is 2. The van der Waals surface area contributed by atoms with Crippen LogP contribution in [0.1, 0.15) is 22.0 Å². The van der Waals surface area contributed by atoms with Crippen molar-refractivity contribution in [2.45, 2.75) is 30.7 Å². The predicted molar refractivity (Wildman–Crippen MR) is 136 cm³/mol. The summed E-state index contributed by atoms with van der Waals surface area (Å²) in [7, 11) is 5.46. The Kier molecular flexibility index (Phi) is 9.23. The molecule has 0 aliphatic carbocycles. The summed E-state index contributed by atoms with van der Waals surface area (Å²) in [6.07, 6.45) is -6.31. The molecule has 2 aliphatic rings. The van der Waals surface area contributed by atoms with E-state index in [9.17, 15) is 30.3 Å². The molecule has 0 bridgehead atoms. The number of carbonyl (C=O) groups is 1. The maximum Gasteiger partial charge on any atom is 0.200 e. The number of aliphatic hydroxyl groups excluding tert-OH is 3. The van der Waals surface area contributed by atoms with E-state index in [1.54, 1.807) is 12.1 Å². The first-order valence-corrected chi connectivity index (χ1v) is 12.5. The molecular weight excluding hydrogens is 532 g/mol. The summed E-state index contributed by atoms with van der Waals surface area (Å²) in [6.45, 7) is -0.442. The van der Waals surface area contributed by atoms with Crippen LogP contribution in [-0.2, 0) is 14.2 Å². The third-order valence-electron chi connectivity index (χ3n) is 7.20. The molecule has 2 aliphatic heterocycles. The van der Waals surface area contributed by atoms with E-state index < -0.39 is 42.5 Å². The van der Waals surface area contributed by atoms with E-state index in [0.29, 0.717) is 5.56 Å². The summed E-state index contributed by atoms with van der Waals surface area (Å²) in [4.78, 5) is 13.8. The molecule has 2 aromatic carbocycles. The number of aliphatic hydroxyl groups is 3. The summed E-state index contributed by atoms with van der Waals surface area (Å²) in [5, 5.41) is 50.8. The first kappa shape index (κ1) is 29.6. The smallest absolute Gasteiger partial charge is 0.200 e. The molecule has 2 heterocycles. The van der Waals surface area contributed by atoms with Crippen LogP contribution in [0.25, 0.3) is 0 Å². The van der Waals surface area contributed by atoms with Crippen molar-refractivity contribution in [3.63, 3.8) is 0 Å². The van der Waals surface area contributed by atoms with Gasteiger partial charge in [0.15, 0.2) is 35.1 Å². The van der Waals surface area contributed by atoms with Crippen LogP contribution in [0.4, 0.5) is 0 Å². The highest BCUT2D eigenvalue weighted by molar-refractivity contribution is 5.99. The van der Waals surface area contributed by atoms with Gasteiger partial charge in [0.25, 0.3) is 0 Å². The molecule has 2 aromatic rings. The predicted octanol–water partition coefficient (Wildman–Crippen LogP) is 0.774. The fourth-order valence-corrected chi connectivity index (χ4v) is 4.94. The van der Waals surface area contributed by atoms with E-state index in [4.69, 9.17) is 33.2 Å². The number of phenolic OH excluding ortho intramolecular Hbond substituents is 2. The van der Waals surface area contributed by atoms with Gasteiger partial charge in [0.05, 0.1) is 60.3 Å². The minimum absolute atomic E-state index is 0.0239. The van der Waals surface area contributed by atoms with Crippen LogP contribution in [0.5, 0.6) is 34.5 Å². The summed E-state index contributed by atoms with van der Waals surface area (Å²) >= 11 is 0. The van der Waals surface area contributed by atoms with Gasteiger partial charge in [0.1, 0.15) is 18.3 Å². The average Bonchev–Trinajstić information content (AvgIpc) is 3.39. The van der Waals surface area contributed by atoms with Crippen LogP contribution in [0, 0.1) is 11.8 Å². The molecule has 7 atom stereocenters. The Morgan fingerprint density at radius 3 is 1.85 bits per heavy atom. The average molecular weight is 567 g/mol. The molecule has 5 N–H and O–H groups in total. The van der Waals surface area contributed by atoms with E-state index in [1.165, 1.54) is 40.6 Å². The number of carbonyl (C=O) groups excluding carboxylic acids is 1. The minimum Gasteiger partial charge on any atom is -0.502 e. The fraction of sp³-hybridized carbons (Fsp3) is 0.519. The lowest BCUT2D eigenvalue weighted by Crippen LogP contribution is -2.54. The Bertz CT molecular complexity index is 1150. The third kappa shape index (κ3) is 5.61. The van der Waals surface area contributed by atoms with Gasteiger partial charge in [-0.3, -0.25) is 4.79 Å². The van der Waals surface area contributed by atoms with Gasteiger partial charge < -0.3 is 58.7 Å². The number of benzene rings is 2. The summed E-state index contributed by atoms with van der Waals surface area (Å²) in [5.74, 6) is -1.92. The van der Waals surface area contributed by atoms with E-state index in [1.807, 2.05) is 0 Å². The SMILES string of the molecule is COc1cc(C(=O)[C@@H]2CO[C@H](c3cc(OC)c(O)c(OC)c3)[C@H]2CO[C@@H]2OC[C@@H](O)[C@H](O)[C@H]2O)cc(OC)c1O. The molecule has 40 heavy (non-hydrogen) atoms. The molecule has 0 amide bonds. The van der Waals surface area contributed by atoms with E-state index in [2.05, 4.69) is 0 Å². The molecular formula is C27H34O13. The minimum atomic E-state index is -1.53. The number of aromatic hydroxyl groups is 2. The Morgan fingerprint density at radius 1 is 0.800 bits per heavy atom. The molecule has 2 fully saturated rings. The Morgan fingerprint density at radius 2 is 1.32 bits per heavy atom. The van der Waals surface area contributed by atoms with E-state index >= 15 is 0 Å². The Labute approximate surface area is 230 Å². The van der Waals surface area contributed by atoms with Crippen LogP contribution < -0.4 is 18.9 Å². The maximum absolute atomic E-state index is 13.8. The van der Waals surface area contributed by atoms with Crippen molar-refractivity contribution < 1.29 is 63.5 Å². The third-order valence-corrected chi connectivity index (χ3v) is 7.20. The van der Waals surface area contributed by atoms with Crippen LogP contribution in [0.3, 0.4) is 0 Å². The lowest BCUT2D eigenvalue weighted by Gasteiger charge is -2.36. The summed E-state index contributed by atoms with van der Waals surface area (Å²) < 4.78 is 38.3. The lowest BCUT2D eigenvalue weighted by molar-refractivity contribution is -0.273. The normalized spacial score (nSPS) is 28.2. The summed E-state index contributed by atoms with van der Waals surface area (Å²) in [5.41, 5.74) is 0.718. The molecule has 4 rings (SSSR count). The number of rotatable bonds is 10. The van der Waals surface area contributed by atoms with Crippen molar-refractivity contribution in [2.75, 3.05) is 48.3 Å². The van der Waals surface area contributed by atoms with Crippen molar-refractivity contribution in [2.24, 2.45) is 11.8 Å². The highest BCUT2D eigenvalue weighted by Gasteiger charge is 2.45. The molecule has 0 saturated carbocycles. The molecule has 0 unspecified atom stereocenters. The quantitative estimate of drug-likeness (QED) is 0.255. The molecule has 13 nitrogen and oxygen atoms in total. The topological polar surface area (TPSA) is 183 Å². The highest BCUT2D eigenvalue weighted by Crippen LogP contribution is 2.46. The van der Waals surface area contributed by atoms with Crippen molar-refractivity contribution in [1.29, 1.82) is 0 Å². The monoisotopic (exact) mass is 566 g/mol. The van der Waals surface area contributed by atoms with Gasteiger partial charge in [-0.25, -0.2) is 0 Å². The number of hydrogen-bond acceptors (Lipinski definition) is 13. The van der Waals surface area contributed by atoms with Crippen LogP contribution >= 0.6 is 0 Å². The van der Waals surface area contributed by atoms with Gasteiger partial charge in [-0.05, 0) is 29.8 Å². The number of Topliss-reactive ketones (excluding diaryl/α,β-unsaturated/α-hetero) is 1. The van der Waals surface area contributed by atoms with Gasteiger partial charge in [0.2, 0.25) is 11.5 Å². The first-order valence-electron chi connectivity index (χ1n) is 12.5. The van der Waals surface area contributed by atoms with Gasteiger partial charge >= 0.3 is 0 Å². The zero-order valence-electron chi connectivity index (χ0n) is 22.5. The maximum atomic E-state index is 13.8. The van der Waals surface area contributed by atoms with Gasteiger partial charge in [-0.1, -0.05) is 0 Å². The Hall–Kier alpha value is -3.33. The molecule has 0 aromatic heterocycles. The van der Waals surface area contributed by atoms with E-state index in [-0.39, 0.29) is 65.7 Å². The molecule has 13 heteroatoms. The number of ketones is 1. The van der Waals surface area contributed by atoms with Crippen molar-refractivity contribution >= 4 is 5.78 Å². The van der Waals surface area contributed by atoms with Gasteiger partial charge in [-0.15, -0.1) is 0 Å². The largest absolute Gasteiger partial charge is 0.502 e. The van der Waals surface area contributed by atoms with Gasteiger partial charge in [0, 0.05) is 11.5 Å². The molecule has 220 valence electrons. The van der Waals surface area contributed by atoms with E-state index in [0.717, 1.165) is 0 Å². The van der Waals surface area contributed by atoms with Crippen LogP contribution in [-0.4, -0.2) is 104 Å². The zero-order valence-corrected chi connectivity index (χ0v) is 22.5. The number of ether oxygens (including phenoxy) is 7. The van der Waals surface area contributed by atoms with Crippen LogP contribution in [0.2, 0.25) is 0 Å². The van der Waals surface area contributed by atoms with Gasteiger partial charge in [-0.2, -0.15) is 0 Å². The standard InChI is InChI=1S/C27H34O13/c1-34-17-5-12(6-18(35-2)23(17)31)21(29)14-9-38-26(13-7-19(36-3)24(32)20(8-13)37-4)15(14)10-39-27-25(33)22(30)16(28)11-40-27/h5-8,14-16,22,25-28,30-33H,9-11H2,1-4H3/t14-,15+,16-,22+,25-,26-,27-/m1/s1. The first-order chi connectivity index (χ1) is 19.1. The van der Waals surface area contributed by atoms with Crippen molar-refractivity contribution in [3.8, 4) is 34.5 Å². The number of methoxy groups -OCH3 is 4. The molecule has 2 saturated heterocycles. The number of hydrogen-bond donors (Lipinski definition) is 5. The van der Waals surface area contributed by atoms with Crippen molar-refractivity contribution in [1.82, 2.24) is 0 Å². The second-order valence-corrected chi connectivity index (χ2v) is 9.48. The molecule has 0 radical (unpaired) electrons. The second-order valence-electron chi connectivity index (χ2n) is 9.48. The van der Waals surface area contributed by atoms with Crippen LogP contribution in [0.15, 0.2) is 24.3 Å². The summed E-state index contributed by atoms with van der Waals surface area (Å²) in [6, 6.07) is 5.90. The second kappa shape index (κ2) is 12.5. The molecule has 0 spiro atoms. The zero-order chi connectivity index (χ0) is 29.1. The fourth-order valence-electron chi connectivity index (χ4n) is 4.94. The highest BCUT2D eigenvalue weighted by atomic mass is 16.7. The Balaban J connectivity index is 1.69.